The summed E-state index contributed by atoms with van der Waals surface area (Å²) in [7, 11) is 1.81. The van der Waals surface area contributed by atoms with Gasteiger partial charge in [0.1, 0.15) is 6.10 Å². The van der Waals surface area contributed by atoms with Crippen molar-refractivity contribution in [3.8, 4) is 0 Å². The Kier molecular flexibility index (Phi) is 12.6. The Morgan fingerprint density at radius 3 is 2.36 bits per heavy atom. The minimum Gasteiger partial charge on any atom is -0.458 e. The smallest absolute Gasteiger partial charge is 0.303 e. The molecule has 0 fully saturated rings. The number of hydrogen-bond acceptors (Lipinski definition) is 5. The quantitative estimate of drug-likeness (QED) is 0.155. The normalized spacial score (nSPS) is 17.6. The first-order valence-corrected chi connectivity index (χ1v) is 13.2. The van der Waals surface area contributed by atoms with Crippen LogP contribution in [0.25, 0.3) is 6.08 Å². The summed E-state index contributed by atoms with van der Waals surface area (Å²) >= 11 is 1.62. The lowest BCUT2D eigenvalue weighted by molar-refractivity contribution is -0.144. The van der Waals surface area contributed by atoms with Crippen LogP contribution >= 0.6 is 11.3 Å². The number of ether oxygens (including phenoxy) is 2. The lowest BCUT2D eigenvalue weighted by atomic mass is 9.71. The van der Waals surface area contributed by atoms with Crippen LogP contribution in [-0.4, -0.2) is 29.8 Å². The Labute approximate surface area is 206 Å². The van der Waals surface area contributed by atoms with Crippen molar-refractivity contribution < 1.29 is 14.3 Å². The predicted octanol–water partition coefficient (Wildman–Crippen LogP) is 7.87. The summed E-state index contributed by atoms with van der Waals surface area (Å²) in [6.07, 6.45) is 10.3. The number of carbonyl (C=O) groups is 1. The minimum atomic E-state index is -0.251. The molecule has 0 amide bonds. The number of aromatic nitrogens is 1. The molecule has 0 aliphatic carbocycles. The van der Waals surface area contributed by atoms with Crippen LogP contribution in [0.15, 0.2) is 23.1 Å². The molecule has 188 valence electrons. The van der Waals surface area contributed by atoms with Crippen LogP contribution in [-0.2, 0) is 14.3 Å². The van der Waals surface area contributed by atoms with Gasteiger partial charge >= 0.3 is 5.97 Å². The van der Waals surface area contributed by atoms with Crippen LogP contribution in [0, 0.1) is 30.6 Å². The van der Waals surface area contributed by atoms with E-state index in [0.29, 0.717) is 30.1 Å². The first-order valence-electron chi connectivity index (χ1n) is 12.4. The molecule has 5 atom stereocenters. The minimum absolute atomic E-state index is 0.0977. The lowest BCUT2D eigenvalue weighted by Gasteiger charge is -2.39. The largest absolute Gasteiger partial charge is 0.458 e. The van der Waals surface area contributed by atoms with Gasteiger partial charge in [-0.1, -0.05) is 46.3 Å². The third-order valence-electron chi connectivity index (χ3n) is 7.51. The molecule has 1 aromatic heterocycles. The predicted molar refractivity (Wildman–Crippen MR) is 141 cm³/mol. The van der Waals surface area contributed by atoms with Gasteiger partial charge < -0.3 is 9.47 Å². The third kappa shape index (κ3) is 10.1. The van der Waals surface area contributed by atoms with Gasteiger partial charge in [-0.05, 0) is 75.9 Å². The van der Waals surface area contributed by atoms with Gasteiger partial charge in [0.15, 0.2) is 0 Å². The zero-order valence-electron chi connectivity index (χ0n) is 22.6. The van der Waals surface area contributed by atoms with Crippen LogP contribution in [0.5, 0.6) is 0 Å². The van der Waals surface area contributed by atoms with Crippen LogP contribution < -0.4 is 0 Å². The molecule has 0 saturated heterocycles. The fraction of sp³-hybridized carbons (Fsp3) is 0.714. The fourth-order valence-electron chi connectivity index (χ4n) is 4.25. The Bertz CT molecular complexity index is 780. The monoisotopic (exact) mass is 477 g/mol. The molecule has 0 bridgehead atoms. The number of esters is 1. The van der Waals surface area contributed by atoms with Crippen molar-refractivity contribution in [3.63, 3.8) is 0 Å². The van der Waals surface area contributed by atoms with E-state index in [2.05, 4.69) is 58.7 Å². The third-order valence-corrected chi connectivity index (χ3v) is 8.31. The maximum Gasteiger partial charge on any atom is 0.303 e. The molecule has 1 rings (SSSR count). The highest BCUT2D eigenvalue weighted by atomic mass is 32.1. The number of methoxy groups -OCH3 is 1. The Balaban J connectivity index is 2.53. The Hall–Kier alpha value is -1.46. The van der Waals surface area contributed by atoms with Crippen LogP contribution in [0.2, 0.25) is 0 Å². The van der Waals surface area contributed by atoms with Crippen LogP contribution in [0.3, 0.4) is 0 Å². The number of aryl methyl sites for hydroxylation is 1. The molecule has 0 saturated carbocycles. The molecular weight excluding hydrogens is 430 g/mol. The highest BCUT2D eigenvalue weighted by Crippen LogP contribution is 2.36. The molecular formula is C28H47NO3S. The van der Waals surface area contributed by atoms with Gasteiger partial charge in [-0.15, -0.1) is 11.3 Å². The summed E-state index contributed by atoms with van der Waals surface area (Å²) in [6, 6.07) is 0. The van der Waals surface area contributed by atoms with Gasteiger partial charge in [0.05, 0.1) is 16.3 Å². The summed E-state index contributed by atoms with van der Waals surface area (Å²) in [4.78, 5) is 16.1. The highest BCUT2D eigenvalue weighted by Gasteiger charge is 2.33. The van der Waals surface area contributed by atoms with Crippen molar-refractivity contribution in [2.45, 2.75) is 99.7 Å². The zero-order chi connectivity index (χ0) is 25.2. The van der Waals surface area contributed by atoms with Crippen molar-refractivity contribution in [2.75, 3.05) is 7.11 Å². The molecule has 5 heteroatoms. The summed E-state index contributed by atoms with van der Waals surface area (Å²) in [5.74, 6) is 2.17. The standard InChI is InChI=1S/C28H47NO3S/c1-19(21(3)22(4)23(5)28(8,9)31-10)15-13-11-12-14-16-27(32-25(7)30)20(2)17-26-18-33-24(6)29-26/h12,14,17-19,21-23,27H,11,13,15-16H2,1-10H3/b14-12-,20-17+/t19-,21-,22+,23+,27-/m0/s1. The summed E-state index contributed by atoms with van der Waals surface area (Å²) in [5.41, 5.74) is 1.85. The van der Waals surface area contributed by atoms with E-state index in [0.717, 1.165) is 22.7 Å². The average molecular weight is 478 g/mol. The molecule has 0 spiro atoms. The van der Waals surface area contributed by atoms with Gasteiger partial charge in [0, 0.05) is 25.8 Å². The Morgan fingerprint density at radius 1 is 1.15 bits per heavy atom. The number of hydrogen-bond donors (Lipinski definition) is 0. The average Bonchev–Trinajstić information content (AvgIpc) is 3.17. The first kappa shape index (κ1) is 29.6. The van der Waals surface area contributed by atoms with E-state index in [9.17, 15) is 4.79 Å². The van der Waals surface area contributed by atoms with E-state index < -0.39 is 0 Å². The van der Waals surface area contributed by atoms with Crippen molar-refractivity contribution in [2.24, 2.45) is 23.7 Å². The molecule has 1 heterocycles. The summed E-state index contributed by atoms with van der Waals surface area (Å²) in [5, 5.41) is 3.06. The molecule has 33 heavy (non-hydrogen) atoms. The van der Waals surface area contributed by atoms with Gasteiger partial charge in [-0.3, -0.25) is 4.79 Å². The second-order valence-electron chi connectivity index (χ2n) is 10.2. The highest BCUT2D eigenvalue weighted by molar-refractivity contribution is 7.09. The van der Waals surface area contributed by atoms with E-state index in [-0.39, 0.29) is 17.7 Å². The SMILES string of the molecule is COC(C)(C)[C@H](C)[C@H](C)[C@@H](C)[C@@H](C)CCC/C=C\C[C@H](OC(C)=O)/C(C)=C/c1csc(C)n1. The maximum atomic E-state index is 11.6. The molecule has 0 radical (unpaired) electrons. The number of rotatable bonds is 14. The molecule has 0 unspecified atom stereocenters. The van der Waals surface area contributed by atoms with Gasteiger partial charge in [-0.2, -0.15) is 0 Å². The summed E-state index contributed by atoms with van der Waals surface area (Å²) < 4.78 is 11.3. The number of unbranched alkanes of at least 4 members (excludes halogenated alkanes) is 1. The zero-order valence-corrected chi connectivity index (χ0v) is 23.4. The second-order valence-corrected chi connectivity index (χ2v) is 11.3. The first-order chi connectivity index (χ1) is 15.4. The van der Waals surface area contributed by atoms with Crippen molar-refractivity contribution in [1.82, 2.24) is 4.98 Å². The molecule has 1 aromatic rings. The number of nitrogens with zero attached hydrogens (tertiary/aromatic N) is 1. The molecule has 0 N–H and O–H groups in total. The second kappa shape index (κ2) is 14.1. The van der Waals surface area contributed by atoms with Gasteiger partial charge in [0.2, 0.25) is 0 Å². The van der Waals surface area contributed by atoms with E-state index in [1.165, 1.54) is 19.8 Å². The Morgan fingerprint density at radius 2 is 1.82 bits per heavy atom. The van der Waals surface area contributed by atoms with Crippen molar-refractivity contribution in [1.29, 1.82) is 0 Å². The van der Waals surface area contributed by atoms with Gasteiger partial charge in [-0.25, -0.2) is 4.98 Å². The number of thiazole rings is 1. The van der Waals surface area contributed by atoms with Crippen molar-refractivity contribution >= 4 is 23.4 Å². The van der Waals surface area contributed by atoms with Crippen molar-refractivity contribution in [3.05, 3.63) is 33.8 Å². The molecule has 4 nitrogen and oxygen atoms in total. The van der Waals surface area contributed by atoms with E-state index >= 15 is 0 Å². The fourth-order valence-corrected chi connectivity index (χ4v) is 4.82. The van der Waals surface area contributed by atoms with E-state index in [1.54, 1.807) is 11.3 Å². The van der Waals surface area contributed by atoms with E-state index in [4.69, 9.17) is 9.47 Å². The number of carbonyl (C=O) groups excluding carboxylic acids is 1. The van der Waals surface area contributed by atoms with Gasteiger partial charge in [0.25, 0.3) is 0 Å². The maximum absolute atomic E-state index is 11.6. The topological polar surface area (TPSA) is 48.4 Å². The van der Waals surface area contributed by atoms with Crippen LogP contribution in [0.4, 0.5) is 0 Å². The lowest BCUT2D eigenvalue weighted by Crippen LogP contribution is -2.38. The number of allylic oxidation sites excluding steroid dienone is 1. The molecule has 0 aliphatic heterocycles. The molecule has 0 aromatic carbocycles. The molecule has 0 aliphatic rings. The van der Waals surface area contributed by atoms with E-state index in [1.807, 2.05) is 32.4 Å². The summed E-state index contributed by atoms with van der Waals surface area (Å²) in [6.45, 7) is 19.3. The van der Waals surface area contributed by atoms with Crippen LogP contribution in [0.1, 0.15) is 91.8 Å².